The van der Waals surface area contributed by atoms with Gasteiger partial charge in [0.25, 0.3) is 0 Å². The maximum atomic E-state index is 12.2. The fourth-order valence-electron chi connectivity index (χ4n) is 4.42. The Morgan fingerprint density at radius 1 is 0.658 bits per heavy atom. The minimum Gasteiger partial charge on any atom is -0.434 e. The number of carbonyl (C=O) groups is 1. The molecule has 0 radical (unpaired) electrons. The zero-order valence-corrected chi connectivity index (χ0v) is 25.8. The van der Waals surface area contributed by atoms with Gasteiger partial charge in [-0.15, -0.1) is 0 Å². The second-order valence-corrected chi connectivity index (χ2v) is 10.9. The molecule has 38 heavy (non-hydrogen) atoms. The summed E-state index contributed by atoms with van der Waals surface area (Å²) in [6, 6.07) is 0. The highest BCUT2D eigenvalue weighted by Crippen LogP contribution is 2.17. The molecule has 0 rings (SSSR count). The van der Waals surface area contributed by atoms with E-state index in [-0.39, 0.29) is 6.10 Å². The first-order chi connectivity index (χ1) is 18.6. The molecule has 0 aromatic rings. The third kappa shape index (κ3) is 29.0. The van der Waals surface area contributed by atoms with Crippen molar-refractivity contribution in [1.82, 2.24) is 4.90 Å². The second kappa shape index (κ2) is 30.0. The summed E-state index contributed by atoms with van der Waals surface area (Å²) < 4.78 is 11.1. The maximum absolute atomic E-state index is 12.2. The Kier molecular flexibility index (Phi) is 28.8. The Hall–Kier alpha value is -1.55. The van der Waals surface area contributed by atoms with Crippen molar-refractivity contribution in [1.29, 1.82) is 0 Å². The highest BCUT2D eigenvalue weighted by Gasteiger charge is 2.15. The van der Waals surface area contributed by atoms with Gasteiger partial charge in [0.05, 0.1) is 6.61 Å². The second-order valence-electron chi connectivity index (χ2n) is 10.9. The highest BCUT2D eigenvalue weighted by atomic mass is 16.7. The van der Waals surface area contributed by atoms with Gasteiger partial charge in [0.1, 0.15) is 6.10 Å². The zero-order chi connectivity index (χ0) is 27.9. The average Bonchev–Trinajstić information content (AvgIpc) is 2.90. The standard InChI is InChI=1S/C34H63NO3/c1-5-7-9-11-13-15-16-17-18-19-20-21-23-25-27-30-33(29-26-24-22-14-12-10-8-6-2)38-34(36)37-32-28-31-35(3)4/h8,10,13,15,17-18,33H,5-7,9,11-12,14,16,19-32H2,1-4H3/b10-8-,15-13-,18-17-. The summed E-state index contributed by atoms with van der Waals surface area (Å²) in [5, 5.41) is 0. The summed E-state index contributed by atoms with van der Waals surface area (Å²) in [4.78, 5) is 14.3. The van der Waals surface area contributed by atoms with E-state index in [4.69, 9.17) is 9.47 Å². The highest BCUT2D eigenvalue weighted by molar-refractivity contribution is 5.60. The van der Waals surface area contributed by atoms with Crippen LogP contribution in [0.5, 0.6) is 0 Å². The Morgan fingerprint density at radius 3 is 1.74 bits per heavy atom. The van der Waals surface area contributed by atoms with Crippen molar-refractivity contribution < 1.29 is 14.3 Å². The molecule has 0 amide bonds. The lowest BCUT2D eigenvalue weighted by Gasteiger charge is -2.18. The van der Waals surface area contributed by atoms with E-state index in [0.29, 0.717) is 6.61 Å². The maximum Gasteiger partial charge on any atom is 0.508 e. The first kappa shape index (κ1) is 36.5. The summed E-state index contributed by atoms with van der Waals surface area (Å²) in [6.07, 6.45) is 36.8. The van der Waals surface area contributed by atoms with Crippen LogP contribution in [-0.4, -0.2) is 44.4 Å². The number of allylic oxidation sites excluding steroid dienone is 6. The molecule has 0 heterocycles. The van der Waals surface area contributed by atoms with E-state index in [2.05, 4.69) is 55.2 Å². The van der Waals surface area contributed by atoms with Crippen LogP contribution in [0, 0.1) is 0 Å². The summed E-state index contributed by atoms with van der Waals surface area (Å²) in [5.41, 5.74) is 0. The fraction of sp³-hybridized carbons (Fsp3) is 0.794. The van der Waals surface area contributed by atoms with Gasteiger partial charge in [0.15, 0.2) is 0 Å². The van der Waals surface area contributed by atoms with Gasteiger partial charge in [0.2, 0.25) is 0 Å². The number of unbranched alkanes of at least 4 members (excludes halogenated alkanes) is 12. The molecule has 4 heteroatoms. The monoisotopic (exact) mass is 533 g/mol. The first-order valence-electron chi connectivity index (χ1n) is 16.0. The number of hydrogen-bond acceptors (Lipinski definition) is 4. The smallest absolute Gasteiger partial charge is 0.434 e. The summed E-state index contributed by atoms with van der Waals surface area (Å²) in [6.45, 7) is 5.77. The zero-order valence-electron chi connectivity index (χ0n) is 25.8. The Balaban J connectivity index is 4.05. The molecule has 0 aliphatic rings. The molecule has 0 spiro atoms. The van der Waals surface area contributed by atoms with Crippen molar-refractivity contribution in [3.8, 4) is 0 Å². The van der Waals surface area contributed by atoms with E-state index in [1.54, 1.807) is 0 Å². The average molecular weight is 534 g/mol. The van der Waals surface area contributed by atoms with Crippen LogP contribution in [0.3, 0.4) is 0 Å². The van der Waals surface area contributed by atoms with Gasteiger partial charge >= 0.3 is 6.16 Å². The van der Waals surface area contributed by atoms with Crippen LogP contribution in [0.1, 0.15) is 142 Å². The predicted molar refractivity (Wildman–Crippen MR) is 166 cm³/mol. The Labute approximate surface area is 237 Å². The minimum atomic E-state index is -0.485. The molecular weight excluding hydrogens is 470 g/mol. The molecule has 1 unspecified atom stereocenters. The lowest BCUT2D eigenvalue weighted by molar-refractivity contribution is 0.0150. The van der Waals surface area contributed by atoms with Crippen LogP contribution in [0.2, 0.25) is 0 Å². The third-order valence-corrected chi connectivity index (χ3v) is 6.76. The lowest BCUT2D eigenvalue weighted by Crippen LogP contribution is -2.21. The molecule has 0 saturated carbocycles. The molecule has 0 bridgehead atoms. The van der Waals surface area contributed by atoms with Gasteiger partial charge in [0, 0.05) is 6.54 Å². The molecule has 0 aromatic carbocycles. The van der Waals surface area contributed by atoms with Crippen LogP contribution in [-0.2, 0) is 9.47 Å². The third-order valence-electron chi connectivity index (χ3n) is 6.76. The van der Waals surface area contributed by atoms with Crippen LogP contribution in [0.15, 0.2) is 36.5 Å². The summed E-state index contributed by atoms with van der Waals surface area (Å²) >= 11 is 0. The Bertz CT molecular complexity index is 582. The number of rotatable bonds is 27. The van der Waals surface area contributed by atoms with E-state index in [1.165, 1.54) is 83.5 Å². The minimum absolute atomic E-state index is 0.00528. The van der Waals surface area contributed by atoms with Gasteiger partial charge in [-0.2, -0.15) is 0 Å². The van der Waals surface area contributed by atoms with Crippen LogP contribution in [0.4, 0.5) is 4.79 Å². The normalized spacial score (nSPS) is 12.9. The van der Waals surface area contributed by atoms with Crippen molar-refractivity contribution in [3.63, 3.8) is 0 Å². The van der Waals surface area contributed by atoms with Crippen LogP contribution >= 0.6 is 0 Å². The summed E-state index contributed by atoms with van der Waals surface area (Å²) in [7, 11) is 4.06. The first-order valence-corrected chi connectivity index (χ1v) is 16.0. The largest absolute Gasteiger partial charge is 0.508 e. The van der Waals surface area contributed by atoms with E-state index in [9.17, 15) is 4.79 Å². The molecule has 0 fully saturated rings. The van der Waals surface area contributed by atoms with E-state index in [0.717, 1.165) is 51.5 Å². The molecule has 0 saturated heterocycles. The number of ether oxygens (including phenoxy) is 2. The molecule has 0 aliphatic heterocycles. The van der Waals surface area contributed by atoms with E-state index < -0.39 is 6.16 Å². The van der Waals surface area contributed by atoms with Crippen LogP contribution in [0.25, 0.3) is 0 Å². The number of nitrogens with zero attached hydrogens (tertiary/aromatic N) is 1. The number of hydrogen-bond donors (Lipinski definition) is 0. The van der Waals surface area contributed by atoms with Crippen molar-refractivity contribution in [2.75, 3.05) is 27.2 Å². The van der Waals surface area contributed by atoms with Crippen molar-refractivity contribution in [3.05, 3.63) is 36.5 Å². The van der Waals surface area contributed by atoms with Gasteiger partial charge in [-0.05, 0) is 97.6 Å². The van der Waals surface area contributed by atoms with Gasteiger partial charge in [-0.1, -0.05) is 95.2 Å². The quantitative estimate of drug-likeness (QED) is 0.0598. The van der Waals surface area contributed by atoms with Gasteiger partial charge < -0.3 is 14.4 Å². The van der Waals surface area contributed by atoms with E-state index in [1.807, 2.05) is 14.1 Å². The molecular formula is C34H63NO3. The number of carbonyl (C=O) groups excluding carboxylic acids is 1. The molecule has 1 atom stereocenters. The van der Waals surface area contributed by atoms with E-state index >= 15 is 0 Å². The topological polar surface area (TPSA) is 38.8 Å². The summed E-state index contributed by atoms with van der Waals surface area (Å²) in [5.74, 6) is 0. The SMILES string of the molecule is CC/C=C\CCCCCCC(CCCCCCC/C=C\C/C=C\CCCCC)OC(=O)OCCCN(C)C. The van der Waals surface area contributed by atoms with Gasteiger partial charge in [-0.25, -0.2) is 4.79 Å². The molecule has 222 valence electrons. The van der Waals surface area contributed by atoms with Gasteiger partial charge in [-0.3, -0.25) is 0 Å². The molecule has 4 nitrogen and oxygen atoms in total. The van der Waals surface area contributed by atoms with Crippen molar-refractivity contribution in [2.45, 2.75) is 148 Å². The Morgan fingerprint density at radius 2 is 1.18 bits per heavy atom. The van der Waals surface area contributed by atoms with Crippen LogP contribution < -0.4 is 0 Å². The predicted octanol–water partition coefficient (Wildman–Crippen LogP) is 10.6. The molecule has 0 aliphatic carbocycles. The van der Waals surface area contributed by atoms with Crippen molar-refractivity contribution >= 4 is 6.16 Å². The molecule has 0 aromatic heterocycles. The fourth-order valence-corrected chi connectivity index (χ4v) is 4.42. The van der Waals surface area contributed by atoms with Crippen molar-refractivity contribution in [2.24, 2.45) is 0 Å². The lowest BCUT2D eigenvalue weighted by atomic mass is 10.0. The molecule has 0 N–H and O–H groups in total.